The Labute approximate surface area is 113 Å². The molecule has 0 aliphatic carbocycles. The average Bonchev–Trinajstić information content (AvgIpc) is 2.37. The van der Waals surface area contributed by atoms with E-state index < -0.39 is 0 Å². The summed E-state index contributed by atoms with van der Waals surface area (Å²) in [6, 6.07) is 4.23. The number of hydrogen-bond donors (Lipinski definition) is 1. The maximum Gasteiger partial charge on any atom is 0.131 e. The van der Waals surface area contributed by atoms with Crippen LogP contribution in [-0.4, -0.2) is 50.0 Å². The van der Waals surface area contributed by atoms with Crippen molar-refractivity contribution in [3.05, 3.63) is 17.7 Å². The highest BCUT2D eigenvalue weighted by atomic mass is 16.5. The number of morpholine rings is 1. The Morgan fingerprint density at radius 2 is 1.95 bits per heavy atom. The van der Waals surface area contributed by atoms with Crippen LogP contribution in [0.2, 0.25) is 0 Å². The zero-order chi connectivity index (χ0) is 13.3. The molecule has 19 heavy (non-hydrogen) atoms. The summed E-state index contributed by atoms with van der Waals surface area (Å²) in [6.07, 6.45) is 0. The van der Waals surface area contributed by atoms with Crippen LogP contribution in [0.4, 0.5) is 11.6 Å². The van der Waals surface area contributed by atoms with Crippen molar-refractivity contribution in [1.29, 1.82) is 0 Å². The summed E-state index contributed by atoms with van der Waals surface area (Å²) in [5, 5.41) is 3.48. The molecule has 2 aliphatic heterocycles. The minimum Gasteiger partial charge on any atom is -0.378 e. The number of anilines is 2. The predicted molar refractivity (Wildman–Crippen MR) is 74.9 cm³/mol. The molecular weight excluding hydrogens is 242 g/mol. The van der Waals surface area contributed by atoms with Gasteiger partial charge in [-0.05, 0) is 31.5 Å². The van der Waals surface area contributed by atoms with Crippen LogP contribution in [0.5, 0.6) is 0 Å². The van der Waals surface area contributed by atoms with Crippen molar-refractivity contribution in [2.24, 2.45) is 0 Å². The fraction of sp³-hybridized carbons (Fsp3) is 0.643. The molecule has 2 saturated heterocycles. The van der Waals surface area contributed by atoms with E-state index >= 15 is 0 Å². The Morgan fingerprint density at radius 1 is 1.21 bits per heavy atom. The number of rotatable bonds is 3. The first kappa shape index (κ1) is 12.7. The fourth-order valence-electron chi connectivity index (χ4n) is 2.46. The number of ether oxygens (including phenoxy) is 2. The standard InChI is InChI=1S/C14H21N3O2/c1-11-7-12(16-14(2)9-19-10-14)15-13(8-11)17-3-5-18-6-4-17/h7-8H,3-6,9-10H2,1-2H3,(H,15,16). The first-order chi connectivity index (χ1) is 9.15. The summed E-state index contributed by atoms with van der Waals surface area (Å²) in [4.78, 5) is 7.01. The van der Waals surface area contributed by atoms with E-state index in [2.05, 4.69) is 36.2 Å². The summed E-state index contributed by atoms with van der Waals surface area (Å²) in [7, 11) is 0. The molecule has 0 unspecified atom stereocenters. The first-order valence-electron chi connectivity index (χ1n) is 6.82. The van der Waals surface area contributed by atoms with Gasteiger partial charge in [-0.15, -0.1) is 0 Å². The number of aryl methyl sites for hydroxylation is 1. The van der Waals surface area contributed by atoms with Crippen molar-refractivity contribution >= 4 is 11.6 Å². The maximum atomic E-state index is 5.39. The zero-order valence-electron chi connectivity index (χ0n) is 11.6. The SMILES string of the molecule is Cc1cc(NC2(C)COC2)nc(N2CCOCC2)c1. The Balaban J connectivity index is 1.78. The third-order valence-electron chi connectivity index (χ3n) is 3.56. The Morgan fingerprint density at radius 3 is 2.58 bits per heavy atom. The predicted octanol–water partition coefficient (Wildman–Crippen LogP) is 1.43. The molecule has 0 bridgehead atoms. The minimum absolute atomic E-state index is 0.0308. The van der Waals surface area contributed by atoms with Gasteiger partial charge in [0.1, 0.15) is 11.6 Å². The fourth-order valence-corrected chi connectivity index (χ4v) is 2.46. The van der Waals surface area contributed by atoms with E-state index in [0.717, 1.165) is 51.2 Å². The van der Waals surface area contributed by atoms with Gasteiger partial charge in [0, 0.05) is 13.1 Å². The smallest absolute Gasteiger partial charge is 0.131 e. The van der Waals surface area contributed by atoms with Crippen LogP contribution in [0.25, 0.3) is 0 Å². The molecule has 1 aromatic heterocycles. The van der Waals surface area contributed by atoms with Gasteiger partial charge in [-0.1, -0.05) is 0 Å². The van der Waals surface area contributed by atoms with Gasteiger partial charge in [-0.2, -0.15) is 0 Å². The van der Waals surface area contributed by atoms with Crippen LogP contribution >= 0.6 is 0 Å². The lowest BCUT2D eigenvalue weighted by Gasteiger charge is -2.39. The highest BCUT2D eigenvalue weighted by molar-refractivity contribution is 5.51. The van der Waals surface area contributed by atoms with Crippen LogP contribution in [0, 0.1) is 6.92 Å². The molecule has 104 valence electrons. The van der Waals surface area contributed by atoms with Crippen LogP contribution in [-0.2, 0) is 9.47 Å². The third-order valence-corrected chi connectivity index (χ3v) is 3.56. The molecule has 3 heterocycles. The molecule has 1 aromatic rings. The van der Waals surface area contributed by atoms with E-state index in [1.54, 1.807) is 0 Å². The number of nitrogens with one attached hydrogen (secondary N) is 1. The molecule has 0 saturated carbocycles. The second kappa shape index (κ2) is 4.98. The highest BCUT2D eigenvalue weighted by Gasteiger charge is 2.33. The van der Waals surface area contributed by atoms with Crippen LogP contribution < -0.4 is 10.2 Å². The summed E-state index contributed by atoms with van der Waals surface area (Å²) in [5.74, 6) is 1.97. The van der Waals surface area contributed by atoms with E-state index in [4.69, 9.17) is 14.5 Å². The number of nitrogens with zero attached hydrogens (tertiary/aromatic N) is 2. The van der Waals surface area contributed by atoms with Gasteiger partial charge in [0.25, 0.3) is 0 Å². The lowest BCUT2D eigenvalue weighted by atomic mass is 10.0. The van der Waals surface area contributed by atoms with Crippen molar-refractivity contribution in [2.75, 3.05) is 49.7 Å². The van der Waals surface area contributed by atoms with Crippen LogP contribution in [0.3, 0.4) is 0 Å². The first-order valence-corrected chi connectivity index (χ1v) is 6.82. The maximum absolute atomic E-state index is 5.39. The van der Waals surface area contributed by atoms with E-state index in [1.807, 2.05) is 0 Å². The Bertz CT molecular complexity index is 454. The van der Waals surface area contributed by atoms with E-state index in [-0.39, 0.29) is 5.54 Å². The van der Waals surface area contributed by atoms with Crippen LogP contribution in [0.15, 0.2) is 12.1 Å². The molecule has 0 amide bonds. The minimum atomic E-state index is 0.0308. The molecule has 5 nitrogen and oxygen atoms in total. The molecule has 2 aliphatic rings. The van der Waals surface area contributed by atoms with Gasteiger partial charge in [-0.3, -0.25) is 0 Å². The molecule has 5 heteroatoms. The average molecular weight is 263 g/mol. The molecule has 3 rings (SSSR count). The normalized spacial score (nSPS) is 21.9. The molecule has 0 aromatic carbocycles. The Hall–Kier alpha value is -1.33. The van der Waals surface area contributed by atoms with E-state index in [0.29, 0.717) is 0 Å². The monoisotopic (exact) mass is 263 g/mol. The van der Waals surface area contributed by atoms with Crippen LogP contribution in [0.1, 0.15) is 12.5 Å². The molecule has 0 radical (unpaired) electrons. The topological polar surface area (TPSA) is 46.6 Å². The highest BCUT2D eigenvalue weighted by Crippen LogP contribution is 2.24. The summed E-state index contributed by atoms with van der Waals surface area (Å²) in [6.45, 7) is 9.15. The summed E-state index contributed by atoms with van der Waals surface area (Å²) >= 11 is 0. The zero-order valence-corrected chi connectivity index (χ0v) is 11.6. The van der Waals surface area contributed by atoms with Crippen molar-refractivity contribution in [2.45, 2.75) is 19.4 Å². The number of pyridine rings is 1. The lowest BCUT2D eigenvalue weighted by Crippen LogP contribution is -2.53. The summed E-state index contributed by atoms with van der Waals surface area (Å²) in [5.41, 5.74) is 1.26. The summed E-state index contributed by atoms with van der Waals surface area (Å²) < 4.78 is 10.7. The van der Waals surface area contributed by atoms with E-state index in [9.17, 15) is 0 Å². The van der Waals surface area contributed by atoms with Crippen molar-refractivity contribution < 1.29 is 9.47 Å². The molecule has 0 spiro atoms. The van der Waals surface area contributed by atoms with Gasteiger partial charge >= 0.3 is 0 Å². The lowest BCUT2D eigenvalue weighted by molar-refractivity contribution is -0.0320. The molecular formula is C14H21N3O2. The van der Waals surface area contributed by atoms with Crippen molar-refractivity contribution in [3.8, 4) is 0 Å². The third kappa shape index (κ3) is 2.82. The van der Waals surface area contributed by atoms with Gasteiger partial charge in [0.15, 0.2) is 0 Å². The largest absolute Gasteiger partial charge is 0.378 e. The van der Waals surface area contributed by atoms with Crippen molar-refractivity contribution in [1.82, 2.24) is 4.98 Å². The van der Waals surface area contributed by atoms with Gasteiger partial charge in [0.05, 0.1) is 32.0 Å². The van der Waals surface area contributed by atoms with Crippen molar-refractivity contribution in [3.63, 3.8) is 0 Å². The number of hydrogen-bond acceptors (Lipinski definition) is 5. The second-order valence-corrected chi connectivity index (χ2v) is 5.67. The van der Waals surface area contributed by atoms with Gasteiger partial charge in [0.2, 0.25) is 0 Å². The van der Waals surface area contributed by atoms with Gasteiger partial charge < -0.3 is 19.7 Å². The van der Waals surface area contributed by atoms with E-state index in [1.165, 1.54) is 5.56 Å². The molecule has 1 N–H and O–H groups in total. The quantitative estimate of drug-likeness (QED) is 0.894. The van der Waals surface area contributed by atoms with Gasteiger partial charge in [-0.25, -0.2) is 4.98 Å². The Kier molecular flexibility index (Phi) is 3.33. The number of aromatic nitrogens is 1. The molecule has 0 atom stereocenters. The molecule has 2 fully saturated rings. The second-order valence-electron chi connectivity index (χ2n) is 5.67.